The van der Waals surface area contributed by atoms with Crippen molar-refractivity contribution in [1.29, 1.82) is 0 Å². The Morgan fingerprint density at radius 1 is 1.20 bits per heavy atom. The molecule has 0 radical (unpaired) electrons. The number of primary sulfonamides is 1. The molecule has 0 amide bonds. The third-order valence-corrected chi connectivity index (χ3v) is 2.49. The SMILES string of the molecule is NS(=O)(=O)c1ccc(C(F)(F)F)c(F)c1. The van der Waals surface area contributed by atoms with Crippen molar-refractivity contribution in [3.8, 4) is 0 Å². The summed E-state index contributed by atoms with van der Waals surface area (Å²) in [5.41, 5.74) is -1.53. The van der Waals surface area contributed by atoms with Gasteiger partial charge in [0.2, 0.25) is 10.0 Å². The van der Waals surface area contributed by atoms with Gasteiger partial charge in [0.05, 0.1) is 10.5 Å². The van der Waals surface area contributed by atoms with Crippen LogP contribution in [0.1, 0.15) is 5.56 Å². The lowest BCUT2D eigenvalue weighted by Crippen LogP contribution is -2.14. The van der Waals surface area contributed by atoms with Crippen LogP contribution in [0.3, 0.4) is 0 Å². The fraction of sp³-hybridized carbons (Fsp3) is 0.143. The first-order valence-electron chi connectivity index (χ1n) is 3.52. The third kappa shape index (κ3) is 2.66. The van der Waals surface area contributed by atoms with Crippen molar-refractivity contribution in [1.82, 2.24) is 0 Å². The van der Waals surface area contributed by atoms with Gasteiger partial charge in [-0.2, -0.15) is 13.2 Å². The van der Waals surface area contributed by atoms with Crippen LogP contribution >= 0.6 is 0 Å². The second-order valence-electron chi connectivity index (χ2n) is 2.68. The minimum Gasteiger partial charge on any atom is -0.225 e. The van der Waals surface area contributed by atoms with E-state index in [2.05, 4.69) is 5.14 Å². The van der Waals surface area contributed by atoms with Crippen LogP contribution in [0.15, 0.2) is 23.1 Å². The van der Waals surface area contributed by atoms with Gasteiger partial charge < -0.3 is 0 Å². The standard InChI is InChI=1S/C7H5F4NO2S/c8-6-3-4(15(12,13)14)1-2-5(6)7(9,10)11/h1-3H,(H2,12,13,14). The summed E-state index contributed by atoms with van der Waals surface area (Å²) < 4.78 is 70.4. The highest BCUT2D eigenvalue weighted by Gasteiger charge is 2.34. The highest BCUT2D eigenvalue weighted by molar-refractivity contribution is 7.89. The van der Waals surface area contributed by atoms with E-state index in [0.29, 0.717) is 12.1 Å². The summed E-state index contributed by atoms with van der Waals surface area (Å²) in [7, 11) is -4.19. The van der Waals surface area contributed by atoms with Gasteiger partial charge in [-0.3, -0.25) is 0 Å². The molecule has 0 aromatic heterocycles. The molecule has 0 saturated carbocycles. The lowest BCUT2D eigenvalue weighted by molar-refractivity contribution is -0.140. The molecule has 2 N–H and O–H groups in total. The van der Waals surface area contributed by atoms with Crippen molar-refractivity contribution < 1.29 is 26.0 Å². The van der Waals surface area contributed by atoms with E-state index in [4.69, 9.17) is 0 Å². The number of alkyl halides is 3. The van der Waals surface area contributed by atoms with Crippen LogP contribution in [-0.2, 0) is 16.2 Å². The molecule has 0 unspecified atom stereocenters. The van der Waals surface area contributed by atoms with Crippen LogP contribution in [-0.4, -0.2) is 8.42 Å². The summed E-state index contributed by atoms with van der Waals surface area (Å²) in [4.78, 5) is -0.701. The van der Waals surface area contributed by atoms with Gasteiger partial charge in [0, 0.05) is 0 Å². The molecule has 0 aliphatic rings. The van der Waals surface area contributed by atoms with Crippen molar-refractivity contribution in [2.45, 2.75) is 11.1 Å². The fourth-order valence-electron chi connectivity index (χ4n) is 0.903. The molecule has 1 aromatic carbocycles. The van der Waals surface area contributed by atoms with E-state index in [1.54, 1.807) is 0 Å². The number of sulfonamides is 1. The Bertz CT molecular complexity index is 480. The van der Waals surface area contributed by atoms with E-state index in [-0.39, 0.29) is 6.07 Å². The number of nitrogens with two attached hydrogens (primary N) is 1. The van der Waals surface area contributed by atoms with E-state index in [1.165, 1.54) is 0 Å². The monoisotopic (exact) mass is 243 g/mol. The molecule has 0 saturated heterocycles. The first-order chi connectivity index (χ1) is 6.62. The van der Waals surface area contributed by atoms with Gasteiger partial charge in [0.1, 0.15) is 5.82 Å². The fourth-order valence-corrected chi connectivity index (χ4v) is 1.43. The summed E-state index contributed by atoms with van der Waals surface area (Å²) in [5.74, 6) is -1.67. The molecule has 0 spiro atoms. The Hall–Kier alpha value is -1.15. The number of hydrogen-bond acceptors (Lipinski definition) is 2. The van der Waals surface area contributed by atoms with Crippen molar-refractivity contribution >= 4 is 10.0 Å². The minimum atomic E-state index is -4.86. The van der Waals surface area contributed by atoms with E-state index >= 15 is 0 Å². The Morgan fingerprint density at radius 2 is 1.73 bits per heavy atom. The van der Waals surface area contributed by atoms with Crippen LogP contribution < -0.4 is 5.14 Å². The van der Waals surface area contributed by atoms with Crippen molar-refractivity contribution in [3.63, 3.8) is 0 Å². The molecule has 15 heavy (non-hydrogen) atoms. The van der Waals surface area contributed by atoms with Crippen molar-refractivity contribution in [3.05, 3.63) is 29.6 Å². The molecule has 1 aromatic rings. The summed E-state index contributed by atoms with van der Waals surface area (Å²) >= 11 is 0. The molecule has 84 valence electrons. The number of hydrogen-bond donors (Lipinski definition) is 1. The molecule has 0 bridgehead atoms. The second kappa shape index (κ2) is 3.46. The van der Waals surface area contributed by atoms with Gasteiger partial charge >= 0.3 is 6.18 Å². The molecule has 3 nitrogen and oxygen atoms in total. The zero-order valence-electron chi connectivity index (χ0n) is 7.05. The summed E-state index contributed by atoms with van der Waals surface area (Å²) in [6, 6.07) is 1.16. The Kier molecular flexibility index (Phi) is 2.75. The molecule has 0 heterocycles. The highest BCUT2D eigenvalue weighted by Crippen LogP contribution is 2.31. The van der Waals surface area contributed by atoms with Crippen LogP contribution in [0.25, 0.3) is 0 Å². The van der Waals surface area contributed by atoms with Gasteiger partial charge in [0.25, 0.3) is 0 Å². The molecular formula is C7H5F4NO2S. The summed E-state index contributed by atoms with van der Waals surface area (Å²) in [6.45, 7) is 0. The maximum absolute atomic E-state index is 12.8. The maximum Gasteiger partial charge on any atom is 0.419 e. The maximum atomic E-state index is 12.8. The van der Waals surface area contributed by atoms with E-state index in [9.17, 15) is 26.0 Å². The third-order valence-electron chi connectivity index (χ3n) is 1.57. The van der Waals surface area contributed by atoms with E-state index < -0.39 is 32.5 Å². The molecule has 0 aliphatic heterocycles. The normalized spacial score (nSPS) is 12.9. The van der Waals surface area contributed by atoms with E-state index in [1.807, 2.05) is 0 Å². The quantitative estimate of drug-likeness (QED) is 0.759. The predicted molar refractivity (Wildman–Crippen MR) is 42.8 cm³/mol. The molecule has 8 heteroatoms. The first-order valence-corrected chi connectivity index (χ1v) is 5.06. The Balaban J connectivity index is 3.34. The average molecular weight is 243 g/mol. The number of benzene rings is 1. The zero-order valence-corrected chi connectivity index (χ0v) is 7.86. The van der Waals surface area contributed by atoms with Crippen molar-refractivity contribution in [2.75, 3.05) is 0 Å². The average Bonchev–Trinajstić information content (AvgIpc) is 1.99. The molecule has 0 aliphatic carbocycles. The van der Waals surface area contributed by atoms with Gasteiger partial charge in [-0.05, 0) is 18.2 Å². The highest BCUT2D eigenvalue weighted by atomic mass is 32.2. The minimum absolute atomic E-state index is 0.234. The zero-order chi connectivity index (χ0) is 11.9. The number of rotatable bonds is 1. The van der Waals surface area contributed by atoms with Crippen molar-refractivity contribution in [2.24, 2.45) is 5.14 Å². The van der Waals surface area contributed by atoms with Gasteiger partial charge in [0.15, 0.2) is 0 Å². The predicted octanol–water partition coefficient (Wildman–Crippen LogP) is 1.49. The molecular weight excluding hydrogens is 238 g/mol. The lowest BCUT2D eigenvalue weighted by Gasteiger charge is -2.08. The van der Waals surface area contributed by atoms with Crippen LogP contribution in [0, 0.1) is 5.82 Å². The lowest BCUT2D eigenvalue weighted by atomic mass is 10.2. The smallest absolute Gasteiger partial charge is 0.225 e. The summed E-state index contributed by atoms with van der Waals surface area (Å²) in [5, 5.41) is 4.61. The summed E-state index contributed by atoms with van der Waals surface area (Å²) in [6.07, 6.45) is -4.86. The van der Waals surface area contributed by atoms with Gasteiger partial charge in [-0.25, -0.2) is 17.9 Å². The topological polar surface area (TPSA) is 60.2 Å². The Morgan fingerprint density at radius 3 is 2.07 bits per heavy atom. The first kappa shape index (κ1) is 11.9. The van der Waals surface area contributed by atoms with E-state index in [0.717, 1.165) is 0 Å². The molecule has 0 fully saturated rings. The molecule has 0 atom stereocenters. The molecule has 1 rings (SSSR count). The van der Waals surface area contributed by atoms with Gasteiger partial charge in [-0.1, -0.05) is 0 Å². The van der Waals surface area contributed by atoms with Crippen LogP contribution in [0.5, 0.6) is 0 Å². The van der Waals surface area contributed by atoms with Crippen LogP contribution in [0.4, 0.5) is 17.6 Å². The second-order valence-corrected chi connectivity index (χ2v) is 4.25. The number of halogens is 4. The largest absolute Gasteiger partial charge is 0.419 e. The Labute approximate surface area is 82.6 Å². The van der Waals surface area contributed by atoms with Crippen LogP contribution in [0.2, 0.25) is 0 Å². The van der Waals surface area contributed by atoms with Gasteiger partial charge in [-0.15, -0.1) is 0 Å².